The molecule has 0 aliphatic carbocycles. The molecular weight excluding hydrogens is 414 g/mol. The molecule has 3 aromatic rings. The topological polar surface area (TPSA) is 83.4 Å². The molecule has 1 aliphatic heterocycles. The van der Waals surface area contributed by atoms with E-state index in [0.29, 0.717) is 5.89 Å². The first-order valence-electron chi connectivity index (χ1n) is 12.3. The van der Waals surface area contributed by atoms with E-state index in [-0.39, 0.29) is 12.8 Å². The molecule has 2 heterocycles. The van der Waals surface area contributed by atoms with Gasteiger partial charge in [-0.1, -0.05) is 81.6 Å². The molecule has 0 bridgehead atoms. The number of ether oxygens (including phenoxy) is 2. The molecule has 0 radical (unpaired) electrons. The zero-order valence-corrected chi connectivity index (χ0v) is 19.6. The SMILES string of the molecule is CCCCCCCCCCCc1noc(-c2cccc(C(N)c3ccc4c(c3)OCO4)c2)n1. The monoisotopic (exact) mass is 449 g/mol. The van der Waals surface area contributed by atoms with Crippen LogP contribution in [-0.4, -0.2) is 16.9 Å². The number of hydrogen-bond donors (Lipinski definition) is 1. The largest absolute Gasteiger partial charge is 0.454 e. The normalized spacial score (nSPS) is 13.4. The van der Waals surface area contributed by atoms with Crippen molar-refractivity contribution in [2.75, 3.05) is 6.79 Å². The third-order valence-electron chi connectivity index (χ3n) is 6.22. The molecule has 176 valence electrons. The van der Waals surface area contributed by atoms with Crippen molar-refractivity contribution in [2.45, 2.75) is 77.2 Å². The second-order valence-corrected chi connectivity index (χ2v) is 8.81. The molecule has 6 heteroatoms. The number of aryl methyl sites for hydroxylation is 1. The fraction of sp³-hybridized carbons (Fsp3) is 0.481. The van der Waals surface area contributed by atoms with E-state index in [1.165, 1.54) is 51.4 Å². The van der Waals surface area contributed by atoms with Crippen molar-refractivity contribution in [3.63, 3.8) is 0 Å². The maximum absolute atomic E-state index is 6.54. The molecule has 33 heavy (non-hydrogen) atoms. The second kappa shape index (κ2) is 11.8. The molecular formula is C27H35N3O3. The van der Waals surface area contributed by atoms with Crippen LogP contribution in [0.1, 0.15) is 87.7 Å². The van der Waals surface area contributed by atoms with Crippen molar-refractivity contribution in [3.8, 4) is 23.0 Å². The number of unbranched alkanes of at least 4 members (excludes halogenated alkanes) is 8. The number of rotatable bonds is 13. The van der Waals surface area contributed by atoms with E-state index in [1.807, 2.05) is 42.5 Å². The van der Waals surface area contributed by atoms with E-state index >= 15 is 0 Å². The minimum atomic E-state index is -0.288. The van der Waals surface area contributed by atoms with Crippen LogP contribution in [0.4, 0.5) is 0 Å². The lowest BCUT2D eigenvalue weighted by molar-refractivity contribution is 0.174. The minimum absolute atomic E-state index is 0.252. The summed E-state index contributed by atoms with van der Waals surface area (Å²) in [7, 11) is 0. The van der Waals surface area contributed by atoms with Gasteiger partial charge in [0, 0.05) is 12.0 Å². The molecule has 1 aromatic heterocycles. The number of hydrogen-bond acceptors (Lipinski definition) is 6. The van der Waals surface area contributed by atoms with Gasteiger partial charge in [-0.25, -0.2) is 0 Å². The fourth-order valence-corrected chi connectivity index (χ4v) is 4.23. The summed E-state index contributed by atoms with van der Waals surface area (Å²) in [6, 6.07) is 13.5. The van der Waals surface area contributed by atoms with Crippen molar-refractivity contribution in [1.82, 2.24) is 10.1 Å². The Morgan fingerprint density at radius 3 is 2.39 bits per heavy atom. The van der Waals surface area contributed by atoms with Gasteiger partial charge in [0.15, 0.2) is 17.3 Å². The molecule has 1 atom stereocenters. The zero-order valence-electron chi connectivity index (χ0n) is 19.6. The maximum Gasteiger partial charge on any atom is 0.257 e. The summed E-state index contributed by atoms with van der Waals surface area (Å²) >= 11 is 0. The summed E-state index contributed by atoms with van der Waals surface area (Å²) in [5.41, 5.74) is 9.37. The molecule has 0 saturated heterocycles. The van der Waals surface area contributed by atoms with E-state index in [4.69, 9.17) is 19.7 Å². The summed E-state index contributed by atoms with van der Waals surface area (Å²) in [5.74, 6) is 2.81. The van der Waals surface area contributed by atoms with Crippen LogP contribution in [0.15, 0.2) is 47.0 Å². The van der Waals surface area contributed by atoms with E-state index in [9.17, 15) is 0 Å². The summed E-state index contributed by atoms with van der Waals surface area (Å²) in [6.07, 6.45) is 12.6. The van der Waals surface area contributed by atoms with Crippen LogP contribution in [-0.2, 0) is 6.42 Å². The highest BCUT2D eigenvalue weighted by Crippen LogP contribution is 2.35. The molecule has 2 N–H and O–H groups in total. The number of aromatic nitrogens is 2. The molecule has 0 spiro atoms. The van der Waals surface area contributed by atoms with Crippen molar-refractivity contribution < 1.29 is 14.0 Å². The highest BCUT2D eigenvalue weighted by Gasteiger charge is 2.18. The lowest BCUT2D eigenvalue weighted by Gasteiger charge is -2.13. The van der Waals surface area contributed by atoms with Crippen LogP contribution in [0.5, 0.6) is 11.5 Å². The maximum atomic E-state index is 6.54. The Labute approximate surface area is 196 Å². The first-order chi connectivity index (χ1) is 16.2. The van der Waals surface area contributed by atoms with Crippen LogP contribution in [0, 0.1) is 0 Å². The van der Waals surface area contributed by atoms with E-state index < -0.39 is 0 Å². The molecule has 0 fully saturated rings. The van der Waals surface area contributed by atoms with Gasteiger partial charge in [0.1, 0.15) is 0 Å². The molecule has 1 aliphatic rings. The molecule has 4 rings (SSSR count). The Hall–Kier alpha value is -2.86. The fourth-order valence-electron chi connectivity index (χ4n) is 4.23. The Morgan fingerprint density at radius 2 is 1.58 bits per heavy atom. The van der Waals surface area contributed by atoms with Gasteiger partial charge >= 0.3 is 0 Å². The van der Waals surface area contributed by atoms with E-state index in [0.717, 1.165) is 46.9 Å². The molecule has 0 amide bonds. The van der Waals surface area contributed by atoms with Gasteiger partial charge in [-0.05, 0) is 41.8 Å². The van der Waals surface area contributed by atoms with Crippen molar-refractivity contribution in [3.05, 3.63) is 59.4 Å². The third-order valence-corrected chi connectivity index (χ3v) is 6.22. The molecule has 0 saturated carbocycles. The van der Waals surface area contributed by atoms with Gasteiger partial charge < -0.3 is 19.7 Å². The molecule has 6 nitrogen and oxygen atoms in total. The Kier molecular flexibility index (Phi) is 8.36. The second-order valence-electron chi connectivity index (χ2n) is 8.81. The van der Waals surface area contributed by atoms with Crippen LogP contribution in [0.25, 0.3) is 11.5 Å². The first-order valence-corrected chi connectivity index (χ1v) is 12.3. The Balaban J connectivity index is 1.28. The minimum Gasteiger partial charge on any atom is -0.454 e. The van der Waals surface area contributed by atoms with Gasteiger partial charge in [0.25, 0.3) is 5.89 Å². The Bertz CT molecular complexity index is 1020. The van der Waals surface area contributed by atoms with Gasteiger partial charge in [-0.3, -0.25) is 0 Å². The lowest BCUT2D eigenvalue weighted by atomic mass is 9.97. The highest BCUT2D eigenvalue weighted by atomic mass is 16.7. The summed E-state index contributed by atoms with van der Waals surface area (Å²) in [4.78, 5) is 4.61. The summed E-state index contributed by atoms with van der Waals surface area (Å²) < 4.78 is 16.4. The predicted molar refractivity (Wildman–Crippen MR) is 129 cm³/mol. The average molecular weight is 450 g/mol. The van der Waals surface area contributed by atoms with Gasteiger partial charge in [0.2, 0.25) is 6.79 Å². The van der Waals surface area contributed by atoms with Gasteiger partial charge in [-0.2, -0.15) is 4.98 Å². The highest BCUT2D eigenvalue weighted by molar-refractivity contribution is 5.56. The Morgan fingerprint density at radius 1 is 0.848 bits per heavy atom. The van der Waals surface area contributed by atoms with E-state index in [2.05, 4.69) is 17.1 Å². The third kappa shape index (κ3) is 6.35. The van der Waals surface area contributed by atoms with Gasteiger partial charge in [-0.15, -0.1) is 0 Å². The number of benzene rings is 2. The smallest absolute Gasteiger partial charge is 0.257 e. The average Bonchev–Trinajstić information content (AvgIpc) is 3.52. The molecule has 2 aromatic carbocycles. The van der Waals surface area contributed by atoms with Gasteiger partial charge in [0.05, 0.1) is 6.04 Å². The standard InChI is InChI=1S/C27H35N3O3/c1-2-3-4-5-6-7-8-9-10-14-25-29-27(33-30-25)22-13-11-12-20(17-22)26(28)21-15-16-23-24(18-21)32-19-31-23/h11-13,15-18,26H,2-10,14,19,28H2,1H3. The predicted octanol–water partition coefficient (Wildman–Crippen LogP) is 6.59. The number of nitrogens with zero attached hydrogens (tertiary/aromatic N) is 2. The lowest BCUT2D eigenvalue weighted by Crippen LogP contribution is -2.11. The zero-order chi connectivity index (χ0) is 22.9. The summed E-state index contributed by atoms with van der Waals surface area (Å²) in [5, 5.41) is 4.18. The van der Waals surface area contributed by atoms with Crippen molar-refractivity contribution >= 4 is 0 Å². The van der Waals surface area contributed by atoms with Crippen LogP contribution < -0.4 is 15.2 Å². The number of fused-ring (bicyclic) bond motifs is 1. The van der Waals surface area contributed by atoms with Crippen molar-refractivity contribution in [1.29, 1.82) is 0 Å². The van der Waals surface area contributed by atoms with Crippen molar-refractivity contribution in [2.24, 2.45) is 5.73 Å². The first kappa shape index (κ1) is 23.3. The quantitative estimate of drug-likeness (QED) is 0.296. The molecule has 1 unspecified atom stereocenters. The number of nitrogens with two attached hydrogens (primary N) is 1. The van der Waals surface area contributed by atoms with Crippen LogP contribution in [0.2, 0.25) is 0 Å². The summed E-state index contributed by atoms with van der Waals surface area (Å²) in [6.45, 7) is 2.51. The van der Waals surface area contributed by atoms with Crippen LogP contribution >= 0.6 is 0 Å². The van der Waals surface area contributed by atoms with Crippen LogP contribution in [0.3, 0.4) is 0 Å². The van der Waals surface area contributed by atoms with E-state index in [1.54, 1.807) is 0 Å².